The molecule has 1 aliphatic rings. The molecule has 15 heavy (non-hydrogen) atoms. The topological polar surface area (TPSA) is 12.0 Å². The summed E-state index contributed by atoms with van der Waals surface area (Å²) in [4.78, 5) is 0. The van der Waals surface area contributed by atoms with E-state index in [0.717, 1.165) is 0 Å². The second-order valence-electron chi connectivity index (χ2n) is 5.00. The predicted molar refractivity (Wildman–Crippen MR) is 73.1 cm³/mol. The van der Waals surface area contributed by atoms with Gasteiger partial charge in [0.25, 0.3) is 0 Å². The fraction of sp³-hybridized carbons (Fsp3) is 0.538. The van der Waals surface area contributed by atoms with Crippen molar-refractivity contribution in [3.05, 3.63) is 33.4 Å². The first-order chi connectivity index (χ1) is 7.05. The maximum absolute atomic E-state index is 3.40. The summed E-state index contributed by atoms with van der Waals surface area (Å²) in [5.74, 6) is 0.715. The second-order valence-corrected chi connectivity index (χ2v) is 6.25. The van der Waals surface area contributed by atoms with Crippen molar-refractivity contribution in [3.63, 3.8) is 0 Å². The zero-order valence-electron chi connectivity index (χ0n) is 9.55. The minimum absolute atomic E-state index is 0.390. The fourth-order valence-electron chi connectivity index (χ4n) is 2.68. The summed E-state index contributed by atoms with van der Waals surface area (Å²) in [6, 6.07) is 9.64. The van der Waals surface area contributed by atoms with Gasteiger partial charge in [-0.3, -0.25) is 0 Å². The second kappa shape index (κ2) is 4.06. The highest BCUT2D eigenvalue weighted by Crippen LogP contribution is 2.52. The van der Waals surface area contributed by atoms with E-state index in [1.54, 1.807) is 0 Å². The number of nitrogens with one attached hydrogen (secondary N) is 1. The number of halogens is 1. The van der Waals surface area contributed by atoms with Crippen LogP contribution in [0, 0.1) is 8.99 Å². The van der Waals surface area contributed by atoms with Crippen molar-refractivity contribution in [1.29, 1.82) is 0 Å². The molecule has 82 valence electrons. The van der Waals surface area contributed by atoms with Gasteiger partial charge in [0, 0.05) is 9.61 Å². The molecule has 1 aromatic rings. The number of hydrogen-bond acceptors (Lipinski definition) is 1. The van der Waals surface area contributed by atoms with Crippen molar-refractivity contribution in [2.24, 2.45) is 5.41 Å². The summed E-state index contributed by atoms with van der Waals surface area (Å²) >= 11 is 2.36. The first-order valence-corrected chi connectivity index (χ1v) is 6.56. The van der Waals surface area contributed by atoms with Crippen LogP contribution in [-0.2, 0) is 0 Å². The maximum Gasteiger partial charge on any atom is 0.0130 e. The van der Waals surface area contributed by atoms with Gasteiger partial charge in [-0.15, -0.1) is 0 Å². The monoisotopic (exact) mass is 315 g/mol. The molecule has 2 atom stereocenters. The molecule has 1 aromatic carbocycles. The van der Waals surface area contributed by atoms with Gasteiger partial charge < -0.3 is 5.32 Å². The third-order valence-corrected chi connectivity index (χ3v) is 4.61. The number of rotatable bonds is 2. The van der Waals surface area contributed by atoms with Gasteiger partial charge in [0.1, 0.15) is 0 Å². The van der Waals surface area contributed by atoms with Gasteiger partial charge in [-0.05, 0) is 65.1 Å². The van der Waals surface area contributed by atoms with Crippen molar-refractivity contribution >= 4 is 22.6 Å². The Kier molecular flexibility index (Phi) is 3.08. The van der Waals surface area contributed by atoms with Crippen LogP contribution in [0.2, 0.25) is 0 Å². The molecule has 1 N–H and O–H groups in total. The smallest absolute Gasteiger partial charge is 0.0130 e. The van der Waals surface area contributed by atoms with Gasteiger partial charge in [0.05, 0.1) is 0 Å². The zero-order valence-corrected chi connectivity index (χ0v) is 11.7. The molecule has 0 saturated heterocycles. The molecule has 0 bridgehead atoms. The Labute approximate surface area is 106 Å². The van der Waals surface area contributed by atoms with E-state index < -0.39 is 0 Å². The Balaban J connectivity index is 2.17. The molecule has 1 aliphatic carbocycles. The molecule has 1 fully saturated rings. The lowest BCUT2D eigenvalue weighted by Gasteiger charge is -2.52. The highest BCUT2D eigenvalue weighted by atomic mass is 127. The average Bonchev–Trinajstić information content (AvgIpc) is 2.20. The molecule has 0 spiro atoms. The largest absolute Gasteiger partial charge is 0.316 e. The maximum atomic E-state index is 3.40. The van der Waals surface area contributed by atoms with E-state index in [0.29, 0.717) is 17.4 Å². The van der Waals surface area contributed by atoms with Crippen molar-refractivity contribution in [2.45, 2.75) is 32.2 Å². The summed E-state index contributed by atoms with van der Waals surface area (Å²) in [7, 11) is 2.07. The van der Waals surface area contributed by atoms with E-state index in [1.807, 2.05) is 0 Å². The Morgan fingerprint density at radius 2 is 1.87 bits per heavy atom. The van der Waals surface area contributed by atoms with Crippen LogP contribution in [-0.4, -0.2) is 13.1 Å². The van der Waals surface area contributed by atoms with E-state index in [9.17, 15) is 0 Å². The zero-order chi connectivity index (χ0) is 11.1. The molecule has 1 saturated carbocycles. The lowest BCUT2D eigenvalue weighted by Crippen LogP contribution is -2.54. The van der Waals surface area contributed by atoms with Crippen LogP contribution < -0.4 is 5.32 Å². The summed E-state index contributed by atoms with van der Waals surface area (Å²) in [6.07, 6.45) is 1.27. The van der Waals surface area contributed by atoms with Gasteiger partial charge in [-0.1, -0.05) is 26.0 Å². The van der Waals surface area contributed by atoms with Crippen LogP contribution in [0.4, 0.5) is 0 Å². The molecule has 2 rings (SSSR count). The Morgan fingerprint density at radius 1 is 1.27 bits per heavy atom. The quantitative estimate of drug-likeness (QED) is 0.825. The normalized spacial score (nSPS) is 28.5. The Bertz CT molecular complexity index is 342. The predicted octanol–water partition coefficient (Wildman–Crippen LogP) is 3.39. The first-order valence-electron chi connectivity index (χ1n) is 5.48. The van der Waals surface area contributed by atoms with E-state index in [4.69, 9.17) is 0 Å². The number of benzene rings is 1. The van der Waals surface area contributed by atoms with Crippen LogP contribution in [0.5, 0.6) is 0 Å². The van der Waals surface area contributed by atoms with Crippen LogP contribution in [0.25, 0.3) is 0 Å². The standard InChI is InChI=1S/C13H18IN/c1-13(2)11(8-12(13)15-3)9-4-6-10(14)7-5-9/h4-7,11-12,15H,8H2,1-3H3. The molecule has 0 aliphatic heterocycles. The lowest BCUT2D eigenvalue weighted by molar-refractivity contribution is 0.0751. The Morgan fingerprint density at radius 3 is 2.33 bits per heavy atom. The lowest BCUT2D eigenvalue weighted by atomic mass is 9.56. The molecule has 0 aromatic heterocycles. The summed E-state index contributed by atoms with van der Waals surface area (Å²) in [5, 5.41) is 3.40. The van der Waals surface area contributed by atoms with Gasteiger partial charge in [0.2, 0.25) is 0 Å². The van der Waals surface area contributed by atoms with E-state index in [-0.39, 0.29) is 0 Å². The van der Waals surface area contributed by atoms with Crippen molar-refractivity contribution in [2.75, 3.05) is 7.05 Å². The van der Waals surface area contributed by atoms with Gasteiger partial charge in [0.15, 0.2) is 0 Å². The van der Waals surface area contributed by atoms with Crippen molar-refractivity contribution < 1.29 is 0 Å². The van der Waals surface area contributed by atoms with E-state index >= 15 is 0 Å². The molecule has 0 radical (unpaired) electrons. The molecule has 2 heteroatoms. The molecular weight excluding hydrogens is 297 g/mol. The average molecular weight is 315 g/mol. The van der Waals surface area contributed by atoms with Crippen LogP contribution in [0.3, 0.4) is 0 Å². The van der Waals surface area contributed by atoms with Crippen LogP contribution in [0.15, 0.2) is 24.3 Å². The minimum atomic E-state index is 0.390. The molecule has 2 unspecified atom stereocenters. The van der Waals surface area contributed by atoms with Gasteiger partial charge >= 0.3 is 0 Å². The van der Waals surface area contributed by atoms with E-state index in [2.05, 4.69) is 73.1 Å². The Hall–Kier alpha value is -0.0900. The molecule has 1 nitrogen and oxygen atoms in total. The van der Waals surface area contributed by atoms with Crippen LogP contribution >= 0.6 is 22.6 Å². The summed E-state index contributed by atoms with van der Waals surface area (Å²) in [5.41, 5.74) is 1.88. The van der Waals surface area contributed by atoms with Crippen molar-refractivity contribution in [1.82, 2.24) is 5.32 Å². The van der Waals surface area contributed by atoms with E-state index in [1.165, 1.54) is 15.6 Å². The van der Waals surface area contributed by atoms with Gasteiger partial charge in [-0.2, -0.15) is 0 Å². The van der Waals surface area contributed by atoms with Gasteiger partial charge in [-0.25, -0.2) is 0 Å². The molecule has 0 heterocycles. The fourth-order valence-corrected chi connectivity index (χ4v) is 3.04. The third-order valence-electron chi connectivity index (χ3n) is 3.89. The third kappa shape index (κ3) is 1.94. The number of hydrogen-bond donors (Lipinski definition) is 1. The summed E-state index contributed by atoms with van der Waals surface area (Å²) < 4.78 is 1.32. The highest BCUT2D eigenvalue weighted by Gasteiger charge is 2.47. The summed E-state index contributed by atoms with van der Waals surface area (Å²) in [6.45, 7) is 4.72. The minimum Gasteiger partial charge on any atom is -0.316 e. The first kappa shape index (κ1) is 11.4. The SMILES string of the molecule is CNC1CC(c2ccc(I)cc2)C1(C)C. The van der Waals surface area contributed by atoms with Crippen LogP contribution in [0.1, 0.15) is 31.7 Å². The molecular formula is C13H18IN. The highest BCUT2D eigenvalue weighted by molar-refractivity contribution is 14.1. The van der Waals surface area contributed by atoms with Crippen molar-refractivity contribution in [3.8, 4) is 0 Å². The molecule has 0 amide bonds.